The number of anilines is 1. The number of hydrogen-bond donors (Lipinski definition) is 1. The van der Waals surface area contributed by atoms with E-state index in [2.05, 4.69) is 19.2 Å². The van der Waals surface area contributed by atoms with Crippen molar-refractivity contribution in [2.24, 2.45) is 0 Å². The lowest BCUT2D eigenvalue weighted by Crippen LogP contribution is -2.13. The first kappa shape index (κ1) is 20.0. The van der Waals surface area contributed by atoms with Gasteiger partial charge in [-0.3, -0.25) is 4.79 Å². The van der Waals surface area contributed by atoms with Crippen LogP contribution in [0.4, 0.5) is 5.69 Å². The molecule has 0 aliphatic rings. The molecule has 0 spiro atoms. The molecule has 2 aromatic carbocycles. The number of nitrogens with one attached hydrogen (secondary N) is 1. The molecule has 4 nitrogen and oxygen atoms in total. The van der Waals surface area contributed by atoms with Gasteiger partial charge in [-0.25, -0.2) is 0 Å². The van der Waals surface area contributed by atoms with Crippen molar-refractivity contribution in [3.63, 3.8) is 0 Å². The van der Waals surface area contributed by atoms with Crippen LogP contribution in [0.5, 0.6) is 5.75 Å². The van der Waals surface area contributed by atoms with E-state index in [9.17, 15) is 4.79 Å². The lowest BCUT2D eigenvalue weighted by atomic mass is 10.0. The van der Waals surface area contributed by atoms with Gasteiger partial charge in [0.2, 0.25) is 0 Å². The molecule has 0 aromatic heterocycles. The van der Waals surface area contributed by atoms with Crippen LogP contribution in [0.25, 0.3) is 0 Å². The Balaban J connectivity index is 2.15. The van der Waals surface area contributed by atoms with E-state index >= 15 is 0 Å². The van der Waals surface area contributed by atoms with Crippen LogP contribution in [0.15, 0.2) is 42.5 Å². The van der Waals surface area contributed by atoms with Crippen molar-refractivity contribution in [2.75, 3.05) is 11.9 Å². The molecular formula is C22H29NO3. The maximum absolute atomic E-state index is 12.6. The minimum Gasteiger partial charge on any atom is -0.494 e. The molecule has 140 valence electrons. The predicted molar refractivity (Wildman–Crippen MR) is 106 cm³/mol. The number of rotatable bonds is 8. The van der Waals surface area contributed by atoms with Crippen molar-refractivity contribution >= 4 is 11.6 Å². The summed E-state index contributed by atoms with van der Waals surface area (Å²) in [4.78, 5) is 12.6. The number of benzene rings is 2. The Kier molecular flexibility index (Phi) is 7.22. The van der Waals surface area contributed by atoms with E-state index in [-0.39, 0.29) is 12.0 Å². The van der Waals surface area contributed by atoms with Crippen LogP contribution in [0.2, 0.25) is 0 Å². The van der Waals surface area contributed by atoms with Crippen LogP contribution < -0.4 is 10.1 Å². The Morgan fingerprint density at radius 3 is 2.31 bits per heavy atom. The van der Waals surface area contributed by atoms with Gasteiger partial charge in [0.15, 0.2) is 0 Å². The molecule has 0 heterocycles. The highest BCUT2D eigenvalue weighted by Crippen LogP contribution is 2.23. The Morgan fingerprint density at radius 1 is 1.04 bits per heavy atom. The minimum atomic E-state index is -0.142. The maximum atomic E-state index is 12.6. The number of ether oxygens (including phenoxy) is 2. The fraction of sp³-hybridized carbons (Fsp3) is 0.409. The van der Waals surface area contributed by atoms with Crippen LogP contribution in [0.3, 0.4) is 0 Å². The molecule has 0 unspecified atom stereocenters. The number of carbonyl (C=O) groups is 1. The molecule has 2 rings (SSSR count). The largest absolute Gasteiger partial charge is 0.494 e. The average molecular weight is 355 g/mol. The summed E-state index contributed by atoms with van der Waals surface area (Å²) in [6.45, 7) is 11.2. The Hall–Kier alpha value is -2.33. The van der Waals surface area contributed by atoms with Crippen molar-refractivity contribution in [3.05, 3.63) is 59.2 Å². The first-order valence-electron chi connectivity index (χ1n) is 9.19. The van der Waals surface area contributed by atoms with Gasteiger partial charge in [0.25, 0.3) is 5.91 Å². The van der Waals surface area contributed by atoms with E-state index in [0.29, 0.717) is 24.7 Å². The van der Waals surface area contributed by atoms with Gasteiger partial charge in [0, 0.05) is 16.8 Å². The highest BCUT2D eigenvalue weighted by molar-refractivity contribution is 6.04. The second kappa shape index (κ2) is 9.39. The molecule has 0 aliphatic heterocycles. The van der Waals surface area contributed by atoms with Crippen LogP contribution in [0, 0.1) is 0 Å². The number of carbonyl (C=O) groups excluding carboxylic acids is 1. The van der Waals surface area contributed by atoms with E-state index in [4.69, 9.17) is 9.47 Å². The molecule has 26 heavy (non-hydrogen) atoms. The summed E-state index contributed by atoms with van der Waals surface area (Å²) in [5.41, 5.74) is 3.50. The van der Waals surface area contributed by atoms with Crippen LogP contribution in [-0.4, -0.2) is 18.6 Å². The van der Waals surface area contributed by atoms with Gasteiger partial charge >= 0.3 is 0 Å². The summed E-state index contributed by atoms with van der Waals surface area (Å²) in [7, 11) is 0. The lowest BCUT2D eigenvalue weighted by Gasteiger charge is -2.14. The van der Waals surface area contributed by atoms with Crippen molar-refractivity contribution in [1.29, 1.82) is 0 Å². The summed E-state index contributed by atoms with van der Waals surface area (Å²) in [5.74, 6) is 1.08. The zero-order chi connectivity index (χ0) is 19.1. The van der Waals surface area contributed by atoms with Gasteiger partial charge in [-0.05, 0) is 62.6 Å². The summed E-state index contributed by atoms with van der Waals surface area (Å²) >= 11 is 0. The van der Waals surface area contributed by atoms with E-state index in [1.807, 2.05) is 57.2 Å². The van der Waals surface area contributed by atoms with Gasteiger partial charge in [-0.1, -0.05) is 26.0 Å². The molecular weight excluding hydrogens is 326 g/mol. The van der Waals surface area contributed by atoms with Gasteiger partial charge in [0.05, 0.1) is 19.3 Å². The molecule has 0 atom stereocenters. The molecule has 0 bridgehead atoms. The third-order valence-electron chi connectivity index (χ3n) is 4.03. The molecule has 0 fully saturated rings. The minimum absolute atomic E-state index is 0.112. The van der Waals surface area contributed by atoms with Crippen LogP contribution in [0.1, 0.15) is 62.0 Å². The van der Waals surface area contributed by atoms with E-state index in [1.54, 1.807) is 6.07 Å². The van der Waals surface area contributed by atoms with E-state index < -0.39 is 0 Å². The molecule has 1 N–H and O–H groups in total. The molecule has 1 amide bonds. The second-order valence-corrected chi connectivity index (χ2v) is 6.85. The average Bonchev–Trinajstić information content (AvgIpc) is 2.61. The first-order chi connectivity index (χ1) is 12.4. The molecule has 4 heteroatoms. The predicted octanol–water partition coefficient (Wildman–Crippen LogP) is 5.39. The number of hydrogen-bond acceptors (Lipinski definition) is 3. The quantitative estimate of drug-likeness (QED) is 0.691. The Morgan fingerprint density at radius 2 is 1.73 bits per heavy atom. The maximum Gasteiger partial charge on any atom is 0.255 e. The summed E-state index contributed by atoms with van der Waals surface area (Å²) in [6.07, 6.45) is 0.112. The normalized spacial score (nSPS) is 11.0. The lowest BCUT2D eigenvalue weighted by molar-refractivity contribution is 0.0641. The highest BCUT2D eigenvalue weighted by atomic mass is 16.5. The van der Waals surface area contributed by atoms with Crippen LogP contribution in [-0.2, 0) is 11.3 Å². The Bertz CT molecular complexity index is 721. The van der Waals surface area contributed by atoms with E-state index in [0.717, 1.165) is 17.0 Å². The van der Waals surface area contributed by atoms with Crippen LogP contribution >= 0.6 is 0 Å². The summed E-state index contributed by atoms with van der Waals surface area (Å²) in [5, 5.41) is 2.95. The van der Waals surface area contributed by atoms with Gasteiger partial charge < -0.3 is 14.8 Å². The second-order valence-electron chi connectivity index (χ2n) is 6.85. The molecule has 0 saturated heterocycles. The summed E-state index contributed by atoms with van der Waals surface area (Å²) < 4.78 is 11.3. The monoisotopic (exact) mass is 355 g/mol. The van der Waals surface area contributed by atoms with Crippen molar-refractivity contribution in [1.82, 2.24) is 0 Å². The third kappa shape index (κ3) is 5.60. The van der Waals surface area contributed by atoms with Gasteiger partial charge in [-0.15, -0.1) is 0 Å². The fourth-order valence-corrected chi connectivity index (χ4v) is 2.54. The van der Waals surface area contributed by atoms with Gasteiger partial charge in [-0.2, -0.15) is 0 Å². The molecule has 0 radical (unpaired) electrons. The van der Waals surface area contributed by atoms with E-state index in [1.165, 1.54) is 5.56 Å². The summed E-state index contributed by atoms with van der Waals surface area (Å²) in [6, 6.07) is 13.4. The topological polar surface area (TPSA) is 47.6 Å². The smallest absolute Gasteiger partial charge is 0.255 e. The van der Waals surface area contributed by atoms with Crippen molar-refractivity contribution < 1.29 is 14.3 Å². The number of amides is 1. The Labute approximate surface area is 156 Å². The zero-order valence-electron chi connectivity index (χ0n) is 16.3. The standard InChI is InChI=1S/C22H29NO3/c1-6-25-21-12-9-18(13-19(21)14-26-16(4)5)22(24)23-20-10-7-17(8-11-20)15(2)3/h7-13,15-16H,6,14H2,1-5H3,(H,23,24). The third-order valence-corrected chi connectivity index (χ3v) is 4.03. The van der Waals surface area contributed by atoms with Crippen molar-refractivity contribution in [2.45, 2.75) is 53.2 Å². The van der Waals surface area contributed by atoms with Gasteiger partial charge in [0.1, 0.15) is 5.75 Å². The first-order valence-corrected chi connectivity index (χ1v) is 9.19. The molecule has 0 saturated carbocycles. The fourth-order valence-electron chi connectivity index (χ4n) is 2.54. The zero-order valence-corrected chi connectivity index (χ0v) is 16.3. The SMILES string of the molecule is CCOc1ccc(C(=O)Nc2ccc(C(C)C)cc2)cc1COC(C)C. The van der Waals surface area contributed by atoms with Crippen molar-refractivity contribution in [3.8, 4) is 5.75 Å². The molecule has 0 aliphatic carbocycles. The highest BCUT2D eigenvalue weighted by Gasteiger charge is 2.12. The molecule has 2 aromatic rings.